The molecule has 1 rings (SSSR count). The van der Waals surface area contributed by atoms with Gasteiger partial charge in [0.25, 0.3) is 0 Å². The molecular weight excluding hydrogens is 273 g/mol. The van der Waals surface area contributed by atoms with E-state index in [9.17, 15) is 23.1 Å². The molecule has 1 saturated carbocycles. The minimum atomic E-state index is -4.69. The second kappa shape index (κ2) is 5.92. The average molecular weight is 296 g/mol. The fraction of sp³-hybridized carbons (Fsp3) is 0.929. The fourth-order valence-electron chi connectivity index (χ4n) is 2.97. The van der Waals surface area contributed by atoms with Gasteiger partial charge in [-0.3, -0.25) is 9.53 Å². The van der Waals surface area contributed by atoms with Gasteiger partial charge >= 0.3 is 12.3 Å². The van der Waals surface area contributed by atoms with E-state index in [4.69, 9.17) is 0 Å². The van der Waals surface area contributed by atoms with Crippen molar-refractivity contribution >= 4 is 5.97 Å². The topological polar surface area (TPSA) is 46.5 Å². The van der Waals surface area contributed by atoms with E-state index in [1.165, 1.54) is 0 Å². The Bertz CT molecular complexity index is 331. The number of carboxylic acid groups (broad SMARTS) is 1. The molecule has 1 N–H and O–H groups in total. The molecule has 0 aliphatic heterocycles. The Morgan fingerprint density at radius 3 is 2.10 bits per heavy atom. The van der Waals surface area contributed by atoms with Crippen LogP contribution in [0.2, 0.25) is 0 Å². The van der Waals surface area contributed by atoms with Crippen molar-refractivity contribution in [2.45, 2.75) is 59.2 Å². The second-order valence-electron chi connectivity index (χ2n) is 6.77. The van der Waals surface area contributed by atoms with Crippen LogP contribution in [-0.4, -0.2) is 24.0 Å². The minimum absolute atomic E-state index is 0.0846. The van der Waals surface area contributed by atoms with Gasteiger partial charge in [-0.15, -0.1) is 13.2 Å². The van der Waals surface area contributed by atoms with Crippen molar-refractivity contribution in [3.63, 3.8) is 0 Å². The van der Waals surface area contributed by atoms with E-state index >= 15 is 0 Å². The fourth-order valence-corrected chi connectivity index (χ4v) is 2.97. The van der Waals surface area contributed by atoms with Crippen molar-refractivity contribution in [1.29, 1.82) is 0 Å². The molecule has 0 aromatic heterocycles. The summed E-state index contributed by atoms with van der Waals surface area (Å²) in [6, 6.07) is 0. The molecule has 0 atom stereocenters. The lowest BCUT2D eigenvalue weighted by Crippen LogP contribution is -2.39. The molecule has 20 heavy (non-hydrogen) atoms. The summed E-state index contributed by atoms with van der Waals surface area (Å²) in [6.45, 7) is 5.74. The molecule has 118 valence electrons. The van der Waals surface area contributed by atoms with E-state index in [0.29, 0.717) is 18.8 Å². The quantitative estimate of drug-likeness (QED) is 0.845. The maximum atomic E-state index is 12.0. The van der Waals surface area contributed by atoms with Gasteiger partial charge in [-0.1, -0.05) is 20.8 Å². The van der Waals surface area contributed by atoms with Crippen LogP contribution >= 0.6 is 0 Å². The minimum Gasteiger partial charge on any atom is -0.481 e. The zero-order chi connectivity index (χ0) is 15.6. The van der Waals surface area contributed by atoms with Crippen molar-refractivity contribution in [3.05, 3.63) is 0 Å². The summed E-state index contributed by atoms with van der Waals surface area (Å²) < 4.78 is 39.7. The van der Waals surface area contributed by atoms with Crippen LogP contribution < -0.4 is 0 Å². The Kier molecular flexibility index (Phi) is 5.11. The summed E-state index contributed by atoms with van der Waals surface area (Å²) >= 11 is 0. The molecule has 1 aliphatic carbocycles. The molecule has 1 aliphatic rings. The first-order chi connectivity index (χ1) is 8.96. The molecule has 0 unspecified atom stereocenters. The van der Waals surface area contributed by atoms with Crippen LogP contribution in [0.25, 0.3) is 0 Å². The van der Waals surface area contributed by atoms with Crippen molar-refractivity contribution < 1.29 is 27.8 Å². The van der Waals surface area contributed by atoms with E-state index in [-0.39, 0.29) is 11.8 Å². The molecule has 0 bridgehead atoms. The molecule has 0 amide bonds. The lowest BCUT2D eigenvalue weighted by molar-refractivity contribution is -0.326. The highest BCUT2D eigenvalue weighted by Crippen LogP contribution is 2.47. The Hall–Kier alpha value is -0.780. The number of carbonyl (C=O) groups is 1. The smallest absolute Gasteiger partial charge is 0.481 e. The zero-order valence-corrected chi connectivity index (χ0v) is 12.2. The van der Waals surface area contributed by atoms with Gasteiger partial charge in [0.2, 0.25) is 0 Å². The maximum absolute atomic E-state index is 12.0. The molecule has 0 spiro atoms. The summed E-state index contributed by atoms with van der Waals surface area (Å²) in [5.74, 6) is -0.589. The second-order valence-corrected chi connectivity index (χ2v) is 6.77. The summed E-state index contributed by atoms with van der Waals surface area (Å²) in [5.41, 5.74) is -0.958. The standard InChI is InChI=1S/C14H23F3O3/c1-12(2,3)10-4-6-13(7-5-10,11(18)19)8-9-20-14(15,16)17/h10H,4-9H2,1-3H3,(H,18,19). The highest BCUT2D eigenvalue weighted by molar-refractivity contribution is 5.74. The normalized spacial score (nSPS) is 28.4. The monoisotopic (exact) mass is 296 g/mol. The van der Waals surface area contributed by atoms with Gasteiger partial charge in [-0.05, 0) is 43.4 Å². The van der Waals surface area contributed by atoms with Crippen LogP contribution in [0.5, 0.6) is 0 Å². The van der Waals surface area contributed by atoms with E-state index in [1.807, 2.05) is 0 Å². The first kappa shape index (κ1) is 17.3. The van der Waals surface area contributed by atoms with Crippen LogP contribution in [-0.2, 0) is 9.53 Å². The van der Waals surface area contributed by atoms with Crippen molar-refractivity contribution in [2.75, 3.05) is 6.61 Å². The third-order valence-electron chi connectivity index (χ3n) is 4.47. The third kappa shape index (κ3) is 4.65. The zero-order valence-electron chi connectivity index (χ0n) is 12.2. The highest BCUT2D eigenvalue weighted by atomic mass is 19.4. The van der Waals surface area contributed by atoms with E-state index in [0.717, 1.165) is 12.8 Å². The largest absolute Gasteiger partial charge is 0.522 e. The molecule has 0 radical (unpaired) electrons. The molecule has 0 saturated heterocycles. The number of hydrogen-bond donors (Lipinski definition) is 1. The molecule has 1 fully saturated rings. The Balaban J connectivity index is 2.61. The maximum Gasteiger partial charge on any atom is 0.522 e. The van der Waals surface area contributed by atoms with Gasteiger partial charge in [-0.2, -0.15) is 0 Å². The summed E-state index contributed by atoms with van der Waals surface area (Å²) in [4.78, 5) is 11.5. The lowest BCUT2D eigenvalue weighted by Gasteiger charge is -2.41. The third-order valence-corrected chi connectivity index (χ3v) is 4.47. The van der Waals surface area contributed by atoms with Gasteiger partial charge in [0, 0.05) is 0 Å². The van der Waals surface area contributed by atoms with Gasteiger partial charge in [-0.25, -0.2) is 0 Å². The van der Waals surface area contributed by atoms with E-state index in [2.05, 4.69) is 25.5 Å². The Morgan fingerprint density at radius 2 is 1.75 bits per heavy atom. The van der Waals surface area contributed by atoms with Gasteiger partial charge in [0.05, 0.1) is 12.0 Å². The van der Waals surface area contributed by atoms with Crippen molar-refractivity contribution in [3.8, 4) is 0 Å². The van der Waals surface area contributed by atoms with Gasteiger partial charge in [0.15, 0.2) is 0 Å². The van der Waals surface area contributed by atoms with Crippen LogP contribution in [0.4, 0.5) is 13.2 Å². The van der Waals surface area contributed by atoms with Crippen molar-refractivity contribution in [1.82, 2.24) is 0 Å². The SMILES string of the molecule is CC(C)(C)C1CCC(CCOC(F)(F)F)(C(=O)O)CC1. The Morgan fingerprint density at radius 1 is 1.25 bits per heavy atom. The first-order valence-electron chi connectivity index (χ1n) is 6.90. The van der Waals surface area contributed by atoms with Crippen LogP contribution in [0.3, 0.4) is 0 Å². The number of hydrogen-bond acceptors (Lipinski definition) is 2. The van der Waals surface area contributed by atoms with Crippen LogP contribution in [0.15, 0.2) is 0 Å². The summed E-state index contributed by atoms with van der Waals surface area (Å²) in [6.07, 6.45) is -2.46. The highest BCUT2D eigenvalue weighted by Gasteiger charge is 2.44. The summed E-state index contributed by atoms with van der Waals surface area (Å²) in [7, 11) is 0. The predicted molar refractivity (Wildman–Crippen MR) is 68.1 cm³/mol. The number of alkyl halides is 3. The number of halogens is 3. The average Bonchev–Trinajstić information content (AvgIpc) is 2.26. The predicted octanol–water partition coefficient (Wildman–Crippen LogP) is 4.22. The van der Waals surface area contributed by atoms with Crippen molar-refractivity contribution in [2.24, 2.45) is 16.7 Å². The van der Waals surface area contributed by atoms with E-state index in [1.54, 1.807) is 0 Å². The van der Waals surface area contributed by atoms with Gasteiger partial charge in [0.1, 0.15) is 0 Å². The molecule has 0 heterocycles. The van der Waals surface area contributed by atoms with Crippen LogP contribution in [0, 0.1) is 16.7 Å². The first-order valence-corrected chi connectivity index (χ1v) is 6.90. The molecular formula is C14H23F3O3. The van der Waals surface area contributed by atoms with Crippen LogP contribution in [0.1, 0.15) is 52.9 Å². The number of ether oxygens (including phenoxy) is 1. The summed E-state index contributed by atoms with van der Waals surface area (Å²) in [5, 5.41) is 9.37. The van der Waals surface area contributed by atoms with Gasteiger partial charge < -0.3 is 5.11 Å². The number of carboxylic acids is 1. The number of aliphatic carboxylic acids is 1. The number of rotatable bonds is 4. The molecule has 0 aromatic rings. The Labute approximate surface area is 117 Å². The lowest BCUT2D eigenvalue weighted by atomic mass is 9.63. The molecule has 6 heteroatoms. The molecule has 0 aromatic carbocycles. The van der Waals surface area contributed by atoms with E-state index < -0.39 is 24.4 Å². The molecule has 3 nitrogen and oxygen atoms in total.